The van der Waals surface area contributed by atoms with Crippen molar-refractivity contribution >= 4 is 5.91 Å². The third kappa shape index (κ3) is 4.13. The summed E-state index contributed by atoms with van der Waals surface area (Å²) in [5.41, 5.74) is 2.96. The van der Waals surface area contributed by atoms with E-state index in [0.29, 0.717) is 12.1 Å². The Balaban J connectivity index is 2.09. The highest BCUT2D eigenvalue weighted by molar-refractivity contribution is 5.94. The van der Waals surface area contributed by atoms with Crippen molar-refractivity contribution in [3.8, 4) is 11.8 Å². The summed E-state index contributed by atoms with van der Waals surface area (Å²) in [5, 5.41) is 11.5. The summed E-state index contributed by atoms with van der Waals surface area (Å²) in [6, 6.07) is 7.04. The van der Waals surface area contributed by atoms with Crippen molar-refractivity contribution in [1.29, 1.82) is 0 Å². The first-order valence-corrected chi connectivity index (χ1v) is 6.44. The fourth-order valence-electron chi connectivity index (χ4n) is 1.73. The Bertz CT molecular complexity index is 688. The van der Waals surface area contributed by atoms with E-state index in [1.807, 2.05) is 13.0 Å². The van der Waals surface area contributed by atoms with Crippen molar-refractivity contribution < 1.29 is 9.90 Å². The van der Waals surface area contributed by atoms with Gasteiger partial charge in [-0.2, -0.15) is 0 Å². The highest BCUT2D eigenvalue weighted by Gasteiger charge is 2.07. The second-order valence-corrected chi connectivity index (χ2v) is 4.37. The van der Waals surface area contributed by atoms with Gasteiger partial charge in [0.25, 0.3) is 5.91 Å². The third-order valence-corrected chi connectivity index (χ3v) is 2.88. The van der Waals surface area contributed by atoms with E-state index >= 15 is 0 Å². The molecule has 1 aromatic carbocycles. The highest BCUT2D eigenvalue weighted by atomic mass is 16.2. The molecule has 0 unspecified atom stereocenters. The Labute approximate surface area is 123 Å². The Hall–Kier alpha value is -2.71. The van der Waals surface area contributed by atoms with Crippen molar-refractivity contribution in [1.82, 2.24) is 15.3 Å². The number of hydrogen-bond donors (Lipinski definition) is 2. The Morgan fingerprint density at radius 2 is 2.24 bits per heavy atom. The zero-order chi connectivity index (χ0) is 15.1. The lowest BCUT2D eigenvalue weighted by Gasteiger charge is -2.06. The molecule has 1 amide bonds. The van der Waals surface area contributed by atoms with Crippen molar-refractivity contribution in [2.24, 2.45) is 0 Å². The largest absolute Gasteiger partial charge is 0.384 e. The number of aryl methyl sites for hydroxylation is 1. The van der Waals surface area contributed by atoms with Gasteiger partial charge in [0.2, 0.25) is 0 Å². The number of carbonyl (C=O) groups excluding carboxylic acids is 1. The van der Waals surface area contributed by atoms with E-state index in [9.17, 15) is 4.79 Å². The van der Waals surface area contributed by atoms with Crippen LogP contribution in [0.15, 0.2) is 36.8 Å². The average Bonchev–Trinajstić information content (AvgIpc) is 2.53. The number of nitrogens with zero attached hydrogens (tertiary/aromatic N) is 2. The molecule has 2 rings (SSSR count). The van der Waals surface area contributed by atoms with Crippen molar-refractivity contribution in [3.63, 3.8) is 0 Å². The van der Waals surface area contributed by atoms with Gasteiger partial charge in [0, 0.05) is 17.3 Å². The number of benzene rings is 1. The Kier molecular flexibility index (Phi) is 5.02. The van der Waals surface area contributed by atoms with Crippen molar-refractivity contribution in [3.05, 3.63) is 59.2 Å². The molecule has 0 fully saturated rings. The van der Waals surface area contributed by atoms with Gasteiger partial charge in [0.05, 0.1) is 12.2 Å². The van der Waals surface area contributed by atoms with Crippen LogP contribution < -0.4 is 5.32 Å². The van der Waals surface area contributed by atoms with E-state index in [2.05, 4.69) is 27.1 Å². The number of nitrogens with one attached hydrogen (secondary N) is 1. The van der Waals surface area contributed by atoms with Gasteiger partial charge in [0.1, 0.15) is 12.9 Å². The van der Waals surface area contributed by atoms with Gasteiger partial charge in [-0.05, 0) is 30.7 Å². The topological polar surface area (TPSA) is 75.1 Å². The SMILES string of the molecule is Cc1ccc(C(=O)NCc2ccncn2)cc1C#CCO. The summed E-state index contributed by atoms with van der Waals surface area (Å²) in [6.07, 6.45) is 3.07. The molecular formula is C16H15N3O2. The molecule has 5 nitrogen and oxygen atoms in total. The summed E-state index contributed by atoms with van der Waals surface area (Å²) in [4.78, 5) is 20.0. The van der Waals surface area contributed by atoms with Crippen LogP contribution >= 0.6 is 0 Å². The van der Waals surface area contributed by atoms with Gasteiger partial charge in [-0.15, -0.1) is 0 Å². The second-order valence-electron chi connectivity index (χ2n) is 4.37. The quantitative estimate of drug-likeness (QED) is 0.825. The number of carbonyl (C=O) groups is 1. The second kappa shape index (κ2) is 7.17. The molecule has 0 saturated carbocycles. The van der Waals surface area contributed by atoms with Gasteiger partial charge in [-0.3, -0.25) is 4.79 Å². The predicted molar refractivity (Wildman–Crippen MR) is 78.3 cm³/mol. The molecule has 0 bridgehead atoms. The zero-order valence-corrected chi connectivity index (χ0v) is 11.6. The van der Waals surface area contributed by atoms with E-state index in [1.165, 1.54) is 6.33 Å². The highest BCUT2D eigenvalue weighted by Crippen LogP contribution is 2.10. The van der Waals surface area contributed by atoms with Crippen molar-refractivity contribution in [2.45, 2.75) is 13.5 Å². The zero-order valence-electron chi connectivity index (χ0n) is 11.6. The summed E-state index contributed by atoms with van der Waals surface area (Å²) in [6.45, 7) is 2.04. The monoisotopic (exact) mass is 281 g/mol. The molecule has 5 heteroatoms. The molecule has 1 aromatic heterocycles. The number of aliphatic hydroxyl groups excluding tert-OH is 1. The smallest absolute Gasteiger partial charge is 0.251 e. The minimum absolute atomic E-state index is 0.194. The maximum absolute atomic E-state index is 12.1. The maximum Gasteiger partial charge on any atom is 0.251 e. The minimum atomic E-state index is -0.205. The molecule has 2 N–H and O–H groups in total. The number of aliphatic hydroxyl groups is 1. The number of aromatic nitrogens is 2. The predicted octanol–water partition coefficient (Wildman–Crippen LogP) is 1.06. The minimum Gasteiger partial charge on any atom is -0.384 e. The molecular weight excluding hydrogens is 266 g/mol. The van der Waals surface area contributed by atoms with E-state index in [-0.39, 0.29) is 12.5 Å². The molecule has 1 heterocycles. The van der Waals surface area contributed by atoms with E-state index in [0.717, 1.165) is 16.8 Å². The first-order chi connectivity index (χ1) is 10.2. The number of rotatable bonds is 3. The Morgan fingerprint density at radius 3 is 2.95 bits per heavy atom. The van der Waals surface area contributed by atoms with Crippen LogP contribution in [0.1, 0.15) is 27.2 Å². The third-order valence-electron chi connectivity index (χ3n) is 2.88. The van der Waals surface area contributed by atoms with Crippen LogP contribution in [-0.2, 0) is 6.54 Å². The lowest BCUT2D eigenvalue weighted by Crippen LogP contribution is -2.23. The van der Waals surface area contributed by atoms with Gasteiger partial charge in [0.15, 0.2) is 0 Å². The molecule has 0 aliphatic carbocycles. The molecule has 0 atom stereocenters. The number of amides is 1. The summed E-state index contributed by atoms with van der Waals surface area (Å²) in [7, 11) is 0. The standard InChI is InChI=1S/C16H15N3O2/c1-12-4-5-14(9-13(12)3-2-8-20)16(21)18-10-15-6-7-17-11-19-15/h4-7,9,11,20H,8,10H2,1H3,(H,18,21). The molecule has 2 aromatic rings. The maximum atomic E-state index is 12.1. The Morgan fingerprint density at radius 1 is 1.38 bits per heavy atom. The van der Waals surface area contributed by atoms with Crippen LogP contribution in [0.5, 0.6) is 0 Å². The van der Waals surface area contributed by atoms with Crippen LogP contribution in [0, 0.1) is 18.8 Å². The molecule has 0 saturated heterocycles. The lowest BCUT2D eigenvalue weighted by molar-refractivity contribution is 0.0950. The fraction of sp³-hybridized carbons (Fsp3) is 0.188. The van der Waals surface area contributed by atoms with Crippen molar-refractivity contribution in [2.75, 3.05) is 6.61 Å². The molecule has 21 heavy (non-hydrogen) atoms. The lowest BCUT2D eigenvalue weighted by atomic mass is 10.0. The number of hydrogen-bond acceptors (Lipinski definition) is 4. The first-order valence-electron chi connectivity index (χ1n) is 6.44. The molecule has 0 radical (unpaired) electrons. The van der Waals surface area contributed by atoms with Crippen LogP contribution in [0.3, 0.4) is 0 Å². The summed E-state index contributed by atoms with van der Waals surface area (Å²) in [5.74, 6) is 5.22. The van der Waals surface area contributed by atoms with Gasteiger partial charge in [-0.25, -0.2) is 9.97 Å². The first kappa shape index (κ1) is 14.7. The van der Waals surface area contributed by atoms with Crippen LogP contribution in [0.2, 0.25) is 0 Å². The van der Waals surface area contributed by atoms with Crippen LogP contribution in [0.25, 0.3) is 0 Å². The van der Waals surface area contributed by atoms with E-state index < -0.39 is 0 Å². The van der Waals surface area contributed by atoms with E-state index in [1.54, 1.807) is 24.4 Å². The summed E-state index contributed by atoms with van der Waals surface area (Å²) >= 11 is 0. The summed E-state index contributed by atoms with van der Waals surface area (Å²) < 4.78 is 0. The molecule has 106 valence electrons. The fourth-order valence-corrected chi connectivity index (χ4v) is 1.73. The molecule has 0 aliphatic heterocycles. The van der Waals surface area contributed by atoms with Gasteiger partial charge in [-0.1, -0.05) is 17.9 Å². The normalized spacial score (nSPS) is 9.62. The van der Waals surface area contributed by atoms with Gasteiger partial charge < -0.3 is 10.4 Å². The van der Waals surface area contributed by atoms with E-state index in [4.69, 9.17) is 5.11 Å². The molecule has 0 aliphatic rings. The average molecular weight is 281 g/mol. The van der Waals surface area contributed by atoms with Crippen LogP contribution in [-0.4, -0.2) is 27.6 Å². The van der Waals surface area contributed by atoms with Crippen LogP contribution in [0.4, 0.5) is 0 Å². The van der Waals surface area contributed by atoms with Gasteiger partial charge >= 0.3 is 0 Å². The molecule has 0 spiro atoms.